The standard InChI is InChI=1S/C19H25N7O/c1-12-16(13(2)25-24-12)9-21-18-15-5-7-26(10-17(15)22-11-23-18)19(27)14-4-3-6-20-8-14/h3-4,6,8,11-13,16,24-25H,5,7,9-10H2,1-2H3,(H,21,22,23). The van der Waals surface area contributed by atoms with Gasteiger partial charge in [0.2, 0.25) is 0 Å². The van der Waals surface area contributed by atoms with Crippen LogP contribution in [0.5, 0.6) is 0 Å². The zero-order valence-electron chi connectivity index (χ0n) is 15.6. The predicted octanol–water partition coefficient (Wildman–Crippen LogP) is 0.983. The number of carbonyl (C=O) groups excluding carboxylic acids is 1. The van der Waals surface area contributed by atoms with Gasteiger partial charge in [0.05, 0.1) is 17.8 Å². The Morgan fingerprint density at radius 2 is 2.11 bits per heavy atom. The summed E-state index contributed by atoms with van der Waals surface area (Å²) in [6.07, 6.45) is 5.61. The summed E-state index contributed by atoms with van der Waals surface area (Å²) in [7, 11) is 0. The topological polar surface area (TPSA) is 95.1 Å². The summed E-state index contributed by atoms with van der Waals surface area (Å²) >= 11 is 0. The molecule has 2 atom stereocenters. The summed E-state index contributed by atoms with van der Waals surface area (Å²) in [6.45, 7) is 6.35. The second kappa shape index (κ2) is 7.58. The van der Waals surface area contributed by atoms with E-state index in [0.29, 0.717) is 36.7 Å². The average Bonchev–Trinajstić information content (AvgIpc) is 3.03. The summed E-state index contributed by atoms with van der Waals surface area (Å²) < 4.78 is 0. The van der Waals surface area contributed by atoms with Gasteiger partial charge in [-0.25, -0.2) is 9.97 Å². The predicted molar refractivity (Wildman–Crippen MR) is 102 cm³/mol. The zero-order valence-corrected chi connectivity index (χ0v) is 15.6. The molecule has 0 radical (unpaired) electrons. The molecule has 0 saturated carbocycles. The first kappa shape index (κ1) is 17.8. The minimum Gasteiger partial charge on any atom is -0.369 e. The smallest absolute Gasteiger partial charge is 0.255 e. The number of hydrogen-bond donors (Lipinski definition) is 3. The largest absolute Gasteiger partial charge is 0.369 e. The van der Waals surface area contributed by atoms with Crippen molar-refractivity contribution < 1.29 is 4.79 Å². The fourth-order valence-electron chi connectivity index (χ4n) is 3.83. The molecule has 0 bridgehead atoms. The van der Waals surface area contributed by atoms with Crippen molar-refractivity contribution in [3.8, 4) is 0 Å². The number of amides is 1. The first-order valence-corrected chi connectivity index (χ1v) is 9.40. The van der Waals surface area contributed by atoms with E-state index in [-0.39, 0.29) is 5.91 Å². The Bertz CT molecular complexity index is 803. The number of nitrogens with zero attached hydrogens (tertiary/aromatic N) is 4. The Labute approximate surface area is 158 Å². The lowest BCUT2D eigenvalue weighted by molar-refractivity contribution is 0.0731. The van der Waals surface area contributed by atoms with Gasteiger partial charge in [-0.1, -0.05) is 0 Å². The summed E-state index contributed by atoms with van der Waals surface area (Å²) in [5.74, 6) is 1.36. The van der Waals surface area contributed by atoms with Gasteiger partial charge in [0.15, 0.2) is 0 Å². The maximum atomic E-state index is 12.7. The molecular weight excluding hydrogens is 342 g/mol. The first-order chi connectivity index (χ1) is 13.1. The fraction of sp³-hybridized carbons (Fsp3) is 0.474. The molecule has 3 N–H and O–H groups in total. The highest BCUT2D eigenvalue weighted by Crippen LogP contribution is 2.24. The van der Waals surface area contributed by atoms with Crippen LogP contribution in [0, 0.1) is 5.92 Å². The minimum absolute atomic E-state index is 0.00683. The normalized spacial score (nSPS) is 24.5. The number of aromatic nitrogens is 3. The van der Waals surface area contributed by atoms with Crippen LogP contribution in [0.15, 0.2) is 30.9 Å². The lowest BCUT2D eigenvalue weighted by atomic mass is 9.96. The van der Waals surface area contributed by atoms with Crippen molar-refractivity contribution in [2.45, 2.75) is 38.9 Å². The highest BCUT2D eigenvalue weighted by molar-refractivity contribution is 5.94. The van der Waals surface area contributed by atoms with Crippen LogP contribution in [0.4, 0.5) is 5.82 Å². The van der Waals surface area contributed by atoms with Crippen LogP contribution in [0.25, 0.3) is 0 Å². The summed E-state index contributed by atoms with van der Waals surface area (Å²) in [5.41, 5.74) is 9.20. The van der Waals surface area contributed by atoms with Gasteiger partial charge >= 0.3 is 0 Å². The number of pyridine rings is 1. The van der Waals surface area contributed by atoms with Crippen LogP contribution < -0.4 is 16.2 Å². The van der Waals surface area contributed by atoms with Gasteiger partial charge in [-0.15, -0.1) is 0 Å². The molecule has 0 aromatic carbocycles. The SMILES string of the molecule is CC1NNC(C)C1CNc1ncnc2c1CCN(C(=O)c1cccnc1)C2. The van der Waals surface area contributed by atoms with Crippen molar-refractivity contribution in [1.29, 1.82) is 0 Å². The molecule has 1 amide bonds. The molecule has 0 aliphatic carbocycles. The van der Waals surface area contributed by atoms with Gasteiger partial charge in [-0.2, -0.15) is 0 Å². The molecule has 2 aliphatic rings. The molecule has 27 heavy (non-hydrogen) atoms. The zero-order chi connectivity index (χ0) is 18.8. The van der Waals surface area contributed by atoms with E-state index in [9.17, 15) is 4.79 Å². The number of anilines is 1. The van der Waals surface area contributed by atoms with E-state index in [2.05, 4.69) is 45.0 Å². The van der Waals surface area contributed by atoms with Gasteiger partial charge < -0.3 is 10.2 Å². The minimum atomic E-state index is -0.00683. The Morgan fingerprint density at radius 3 is 2.85 bits per heavy atom. The number of carbonyl (C=O) groups is 1. The summed E-state index contributed by atoms with van der Waals surface area (Å²) in [6, 6.07) is 4.38. The molecule has 1 fully saturated rings. The van der Waals surface area contributed by atoms with E-state index < -0.39 is 0 Å². The van der Waals surface area contributed by atoms with Crippen LogP contribution in [0.3, 0.4) is 0 Å². The van der Waals surface area contributed by atoms with Crippen molar-refractivity contribution in [2.24, 2.45) is 5.92 Å². The van der Waals surface area contributed by atoms with Crippen LogP contribution >= 0.6 is 0 Å². The van der Waals surface area contributed by atoms with Crippen LogP contribution in [0.1, 0.15) is 35.5 Å². The van der Waals surface area contributed by atoms with Crippen molar-refractivity contribution in [3.05, 3.63) is 47.7 Å². The molecule has 4 heterocycles. The Balaban J connectivity index is 1.46. The van der Waals surface area contributed by atoms with Gasteiger partial charge in [0.25, 0.3) is 5.91 Å². The third-order valence-electron chi connectivity index (χ3n) is 5.53. The van der Waals surface area contributed by atoms with Gasteiger partial charge in [0.1, 0.15) is 12.1 Å². The first-order valence-electron chi connectivity index (χ1n) is 9.40. The Kier molecular flexibility index (Phi) is 5.00. The highest BCUT2D eigenvalue weighted by atomic mass is 16.2. The van der Waals surface area contributed by atoms with E-state index in [1.54, 1.807) is 30.9 Å². The van der Waals surface area contributed by atoms with Crippen LogP contribution in [0.2, 0.25) is 0 Å². The third kappa shape index (κ3) is 3.63. The van der Waals surface area contributed by atoms with Crippen molar-refractivity contribution in [1.82, 2.24) is 30.7 Å². The van der Waals surface area contributed by atoms with Gasteiger partial charge in [0, 0.05) is 49.0 Å². The second-order valence-corrected chi connectivity index (χ2v) is 7.28. The molecule has 2 aromatic heterocycles. The number of nitrogens with one attached hydrogen (secondary N) is 3. The fourth-order valence-corrected chi connectivity index (χ4v) is 3.83. The Hall–Kier alpha value is -2.58. The molecule has 2 aliphatic heterocycles. The lowest BCUT2D eigenvalue weighted by Gasteiger charge is -2.29. The number of hydrazine groups is 1. The summed E-state index contributed by atoms with van der Waals surface area (Å²) in [5, 5.41) is 3.51. The molecule has 8 heteroatoms. The van der Waals surface area contributed by atoms with E-state index in [0.717, 1.165) is 30.0 Å². The van der Waals surface area contributed by atoms with Crippen LogP contribution in [-0.4, -0.2) is 50.9 Å². The molecule has 1 saturated heterocycles. The Morgan fingerprint density at radius 1 is 1.30 bits per heavy atom. The second-order valence-electron chi connectivity index (χ2n) is 7.28. The van der Waals surface area contributed by atoms with Crippen molar-refractivity contribution >= 4 is 11.7 Å². The molecule has 0 spiro atoms. The molecule has 2 aromatic rings. The number of fused-ring (bicyclic) bond motifs is 1. The lowest BCUT2D eigenvalue weighted by Crippen LogP contribution is -2.37. The van der Waals surface area contributed by atoms with E-state index in [4.69, 9.17) is 0 Å². The highest BCUT2D eigenvalue weighted by Gasteiger charge is 2.30. The summed E-state index contributed by atoms with van der Waals surface area (Å²) in [4.78, 5) is 27.4. The molecule has 2 unspecified atom stereocenters. The van der Waals surface area contributed by atoms with Crippen LogP contribution in [-0.2, 0) is 13.0 Å². The van der Waals surface area contributed by atoms with E-state index in [1.807, 2.05) is 4.90 Å². The average molecular weight is 367 g/mol. The van der Waals surface area contributed by atoms with E-state index in [1.165, 1.54) is 0 Å². The molecule has 4 rings (SSSR count). The third-order valence-corrected chi connectivity index (χ3v) is 5.53. The van der Waals surface area contributed by atoms with E-state index >= 15 is 0 Å². The van der Waals surface area contributed by atoms with Gasteiger partial charge in [-0.3, -0.25) is 20.6 Å². The molecular formula is C19H25N7O. The molecule has 142 valence electrons. The maximum absolute atomic E-state index is 12.7. The van der Waals surface area contributed by atoms with Crippen molar-refractivity contribution in [2.75, 3.05) is 18.4 Å². The number of rotatable bonds is 4. The quantitative estimate of drug-likeness (QED) is 0.741. The number of hydrogen-bond acceptors (Lipinski definition) is 7. The monoisotopic (exact) mass is 367 g/mol. The molecule has 8 nitrogen and oxygen atoms in total. The van der Waals surface area contributed by atoms with Gasteiger partial charge in [-0.05, 0) is 32.4 Å². The van der Waals surface area contributed by atoms with Crippen molar-refractivity contribution in [3.63, 3.8) is 0 Å². The maximum Gasteiger partial charge on any atom is 0.255 e.